The van der Waals surface area contributed by atoms with Crippen molar-refractivity contribution in [2.45, 2.75) is 38.5 Å². The molecule has 1 aromatic rings. The van der Waals surface area contributed by atoms with Crippen molar-refractivity contribution in [1.29, 1.82) is 0 Å². The number of ether oxygens (including phenoxy) is 1. The van der Waals surface area contributed by atoms with Gasteiger partial charge in [-0.05, 0) is 43.7 Å². The highest BCUT2D eigenvalue weighted by Gasteiger charge is 2.41. The van der Waals surface area contributed by atoms with Crippen LogP contribution in [0.3, 0.4) is 0 Å². The molecule has 0 saturated heterocycles. The molecule has 140 valence electrons. The molecule has 0 aliphatic heterocycles. The van der Waals surface area contributed by atoms with E-state index < -0.39 is 11.9 Å². The number of rotatable bonds is 6. The molecule has 1 unspecified atom stereocenters. The lowest BCUT2D eigenvalue weighted by Crippen LogP contribution is -2.40. The van der Waals surface area contributed by atoms with Crippen LogP contribution >= 0.6 is 0 Å². The van der Waals surface area contributed by atoms with E-state index in [4.69, 9.17) is 4.74 Å². The second-order valence-electron chi connectivity index (χ2n) is 7.19. The fraction of sp³-hybridized carbons (Fsp3) is 0.550. The molecule has 2 aliphatic rings. The molecule has 1 aromatic carbocycles. The molecule has 0 spiro atoms. The van der Waals surface area contributed by atoms with Gasteiger partial charge < -0.3 is 10.1 Å². The summed E-state index contributed by atoms with van der Waals surface area (Å²) in [7, 11) is 0. The molecule has 0 heterocycles. The molecule has 1 N–H and O–H groups in total. The minimum atomic E-state index is -0.401. The third-order valence-corrected chi connectivity index (χ3v) is 5.40. The third kappa shape index (κ3) is 4.48. The number of fused-ring (bicyclic) bond motifs is 2. The van der Waals surface area contributed by atoms with Crippen LogP contribution in [0.15, 0.2) is 24.3 Å². The van der Waals surface area contributed by atoms with Crippen LogP contribution in [-0.4, -0.2) is 30.8 Å². The number of Topliss-reactive ketones (excluding diaryl/α,β-unsaturated/α-hetero) is 1. The van der Waals surface area contributed by atoms with E-state index in [0.717, 1.165) is 19.3 Å². The number of carbonyl (C=O) groups excluding carboxylic acids is 3. The van der Waals surface area contributed by atoms with Crippen LogP contribution in [0.4, 0.5) is 4.39 Å². The standard InChI is InChI=1S/C20H24FNO4/c21-17-7-2-1-4-13(17)8-9-22-18(23)12-26-20(25)16-10-14-5-3-6-15(11-16)19(14)24/h1-2,4,7,14-16H,3,5-6,8-12H2,(H,22,23)/t14-,15+,16?. The smallest absolute Gasteiger partial charge is 0.309 e. The Morgan fingerprint density at radius 1 is 1.15 bits per heavy atom. The van der Waals surface area contributed by atoms with Gasteiger partial charge in [0.25, 0.3) is 5.91 Å². The summed E-state index contributed by atoms with van der Waals surface area (Å²) in [4.78, 5) is 36.1. The maximum atomic E-state index is 13.5. The topological polar surface area (TPSA) is 72.5 Å². The van der Waals surface area contributed by atoms with Crippen LogP contribution in [0.5, 0.6) is 0 Å². The average Bonchev–Trinajstić information content (AvgIpc) is 2.61. The highest BCUT2D eigenvalue weighted by molar-refractivity contribution is 5.87. The van der Waals surface area contributed by atoms with E-state index in [9.17, 15) is 18.8 Å². The maximum absolute atomic E-state index is 13.5. The van der Waals surface area contributed by atoms with Crippen molar-refractivity contribution in [2.24, 2.45) is 17.8 Å². The van der Waals surface area contributed by atoms with Gasteiger partial charge in [0.05, 0.1) is 5.92 Å². The molecule has 1 amide bonds. The van der Waals surface area contributed by atoms with Gasteiger partial charge in [0.2, 0.25) is 0 Å². The number of hydrogen-bond acceptors (Lipinski definition) is 4. The first-order valence-electron chi connectivity index (χ1n) is 9.25. The van der Waals surface area contributed by atoms with Crippen LogP contribution in [-0.2, 0) is 25.5 Å². The van der Waals surface area contributed by atoms with E-state index in [2.05, 4.69) is 5.32 Å². The molecule has 2 aliphatic carbocycles. The van der Waals surface area contributed by atoms with E-state index in [-0.39, 0.29) is 36.7 Å². The summed E-state index contributed by atoms with van der Waals surface area (Å²) in [6.45, 7) is -0.0602. The van der Waals surface area contributed by atoms with Crippen molar-refractivity contribution in [3.63, 3.8) is 0 Å². The van der Waals surface area contributed by atoms with Crippen LogP contribution < -0.4 is 5.32 Å². The number of halogens is 1. The van der Waals surface area contributed by atoms with Crippen molar-refractivity contribution in [3.8, 4) is 0 Å². The first kappa shape index (κ1) is 18.5. The fourth-order valence-corrected chi connectivity index (χ4v) is 4.02. The van der Waals surface area contributed by atoms with E-state index in [1.54, 1.807) is 18.2 Å². The van der Waals surface area contributed by atoms with Gasteiger partial charge in [-0.3, -0.25) is 14.4 Å². The quantitative estimate of drug-likeness (QED) is 0.790. The fourth-order valence-electron chi connectivity index (χ4n) is 4.02. The van der Waals surface area contributed by atoms with Crippen molar-refractivity contribution in [2.75, 3.05) is 13.2 Å². The lowest BCUT2D eigenvalue weighted by Gasteiger charge is -2.36. The van der Waals surface area contributed by atoms with Gasteiger partial charge >= 0.3 is 5.97 Å². The monoisotopic (exact) mass is 361 g/mol. The summed E-state index contributed by atoms with van der Waals surface area (Å²) in [5.74, 6) is -1.12. The molecule has 3 atom stereocenters. The van der Waals surface area contributed by atoms with Gasteiger partial charge in [-0.15, -0.1) is 0 Å². The van der Waals surface area contributed by atoms with E-state index in [1.165, 1.54) is 6.07 Å². The molecular formula is C20H24FNO4. The maximum Gasteiger partial charge on any atom is 0.309 e. The molecule has 2 fully saturated rings. The zero-order valence-corrected chi connectivity index (χ0v) is 14.7. The Hall–Kier alpha value is -2.24. The summed E-state index contributed by atoms with van der Waals surface area (Å²) in [5.41, 5.74) is 0.531. The predicted octanol–water partition coefficient (Wildman–Crippen LogP) is 2.42. The van der Waals surface area contributed by atoms with Gasteiger partial charge in [-0.2, -0.15) is 0 Å². The average molecular weight is 361 g/mol. The number of esters is 1. The van der Waals surface area contributed by atoms with Crippen LogP contribution in [0.25, 0.3) is 0 Å². The molecule has 2 saturated carbocycles. The van der Waals surface area contributed by atoms with E-state index >= 15 is 0 Å². The summed E-state index contributed by atoms with van der Waals surface area (Å²) in [6, 6.07) is 6.40. The van der Waals surface area contributed by atoms with Crippen LogP contribution in [0, 0.1) is 23.6 Å². The Balaban J connectivity index is 1.38. The molecule has 0 radical (unpaired) electrons. The summed E-state index contributed by atoms with van der Waals surface area (Å²) in [6.07, 6.45) is 4.23. The van der Waals surface area contributed by atoms with Crippen molar-refractivity contribution < 1.29 is 23.5 Å². The number of ketones is 1. The molecule has 3 rings (SSSR count). The van der Waals surface area contributed by atoms with E-state index in [1.807, 2.05) is 0 Å². The highest BCUT2D eigenvalue weighted by atomic mass is 19.1. The molecule has 5 nitrogen and oxygen atoms in total. The minimum absolute atomic E-state index is 0.0188. The Morgan fingerprint density at radius 3 is 2.54 bits per heavy atom. The van der Waals surface area contributed by atoms with Crippen molar-refractivity contribution >= 4 is 17.7 Å². The lowest BCUT2D eigenvalue weighted by atomic mass is 9.67. The van der Waals surface area contributed by atoms with Crippen molar-refractivity contribution in [1.82, 2.24) is 5.32 Å². The lowest BCUT2D eigenvalue weighted by molar-refractivity contribution is -0.156. The third-order valence-electron chi connectivity index (χ3n) is 5.40. The van der Waals surface area contributed by atoms with Gasteiger partial charge in [0.15, 0.2) is 6.61 Å². The van der Waals surface area contributed by atoms with Crippen LogP contribution in [0.2, 0.25) is 0 Å². The SMILES string of the molecule is O=C(COC(=O)C1C[C@H]2CCC[C@@H](C1)C2=O)NCCc1ccccc1F. The number of carbonyl (C=O) groups is 3. The zero-order valence-electron chi connectivity index (χ0n) is 14.7. The van der Waals surface area contributed by atoms with Crippen LogP contribution in [0.1, 0.15) is 37.7 Å². The molecular weight excluding hydrogens is 337 g/mol. The van der Waals surface area contributed by atoms with Gasteiger partial charge in [-0.1, -0.05) is 24.6 Å². The first-order chi connectivity index (χ1) is 12.5. The number of nitrogens with one attached hydrogen (secondary N) is 1. The normalized spacial score (nSPS) is 24.8. The Morgan fingerprint density at radius 2 is 1.85 bits per heavy atom. The number of hydrogen-bond donors (Lipinski definition) is 1. The summed E-state index contributed by atoms with van der Waals surface area (Å²) >= 11 is 0. The number of benzene rings is 1. The van der Waals surface area contributed by atoms with E-state index in [0.29, 0.717) is 30.6 Å². The summed E-state index contributed by atoms with van der Waals surface area (Å²) < 4.78 is 18.6. The van der Waals surface area contributed by atoms with Gasteiger partial charge in [-0.25, -0.2) is 4.39 Å². The van der Waals surface area contributed by atoms with Gasteiger partial charge in [0.1, 0.15) is 11.6 Å². The highest BCUT2D eigenvalue weighted by Crippen LogP contribution is 2.40. The minimum Gasteiger partial charge on any atom is -0.455 e. The predicted molar refractivity (Wildman–Crippen MR) is 92.6 cm³/mol. The first-order valence-corrected chi connectivity index (χ1v) is 9.25. The number of amides is 1. The Kier molecular flexibility index (Phi) is 6.01. The molecule has 2 bridgehead atoms. The molecule has 6 heteroatoms. The summed E-state index contributed by atoms with van der Waals surface area (Å²) in [5, 5.41) is 2.63. The van der Waals surface area contributed by atoms with Crippen molar-refractivity contribution in [3.05, 3.63) is 35.6 Å². The molecule has 26 heavy (non-hydrogen) atoms. The molecule has 0 aromatic heterocycles. The largest absolute Gasteiger partial charge is 0.455 e. The Labute approximate surface area is 152 Å². The Bertz CT molecular complexity index is 674. The zero-order chi connectivity index (χ0) is 18.5. The second kappa shape index (κ2) is 8.43. The van der Waals surface area contributed by atoms with Gasteiger partial charge in [0, 0.05) is 18.4 Å². The second-order valence-corrected chi connectivity index (χ2v) is 7.19.